The van der Waals surface area contributed by atoms with Gasteiger partial charge in [0.25, 0.3) is 0 Å². The number of nitrogens with zero attached hydrogens (tertiary/aromatic N) is 2. The van der Waals surface area contributed by atoms with Crippen LogP contribution in [-0.2, 0) is 32.6 Å². The van der Waals surface area contributed by atoms with E-state index in [-0.39, 0.29) is 35.6 Å². The number of anilines is 1. The number of amides is 2. The van der Waals surface area contributed by atoms with E-state index in [4.69, 9.17) is 11.6 Å². The van der Waals surface area contributed by atoms with Crippen molar-refractivity contribution in [3.05, 3.63) is 101 Å². The molecule has 9 heteroatoms. The van der Waals surface area contributed by atoms with Crippen molar-refractivity contribution in [2.45, 2.75) is 52.2 Å². The highest BCUT2D eigenvalue weighted by Crippen LogP contribution is 2.28. The van der Waals surface area contributed by atoms with Gasteiger partial charge in [-0.05, 0) is 49.1 Å². The fourth-order valence-corrected chi connectivity index (χ4v) is 5.36. The maximum Gasteiger partial charge on any atom is 0.244 e. The van der Waals surface area contributed by atoms with Gasteiger partial charge in [0.2, 0.25) is 21.8 Å². The summed E-state index contributed by atoms with van der Waals surface area (Å²) in [5, 5.41) is 3.23. The minimum atomic E-state index is -3.88. The van der Waals surface area contributed by atoms with Crippen LogP contribution in [0.25, 0.3) is 0 Å². The second kappa shape index (κ2) is 13.6. The molecule has 0 aliphatic heterocycles. The summed E-state index contributed by atoms with van der Waals surface area (Å²) < 4.78 is 26.7. The molecule has 1 N–H and O–H groups in total. The normalized spacial score (nSPS) is 12.8. The molecule has 0 heterocycles. The van der Waals surface area contributed by atoms with Crippen molar-refractivity contribution in [1.29, 1.82) is 0 Å². The summed E-state index contributed by atoms with van der Waals surface area (Å²) in [6.45, 7) is 5.46. The lowest BCUT2D eigenvalue weighted by Gasteiger charge is -2.34. The lowest BCUT2D eigenvalue weighted by molar-refractivity contribution is -0.140. The van der Waals surface area contributed by atoms with Crippen molar-refractivity contribution in [2.24, 2.45) is 0 Å². The Morgan fingerprint density at radius 1 is 0.949 bits per heavy atom. The van der Waals surface area contributed by atoms with E-state index in [1.165, 1.54) is 4.90 Å². The first-order chi connectivity index (χ1) is 18.5. The van der Waals surface area contributed by atoms with Gasteiger partial charge in [0.1, 0.15) is 12.6 Å². The predicted octanol–water partition coefficient (Wildman–Crippen LogP) is 4.97. The number of aryl methyl sites for hydroxylation is 1. The fourth-order valence-electron chi connectivity index (χ4n) is 4.21. The Hall–Kier alpha value is -3.36. The van der Waals surface area contributed by atoms with Gasteiger partial charge in [0.05, 0.1) is 17.0 Å². The number of halogens is 1. The number of sulfonamides is 1. The van der Waals surface area contributed by atoms with Crippen LogP contribution < -0.4 is 9.62 Å². The minimum absolute atomic E-state index is 0.0955. The van der Waals surface area contributed by atoms with Crippen LogP contribution in [0.15, 0.2) is 78.9 Å². The zero-order valence-corrected chi connectivity index (χ0v) is 24.4. The van der Waals surface area contributed by atoms with Crippen LogP contribution in [0.4, 0.5) is 5.69 Å². The summed E-state index contributed by atoms with van der Waals surface area (Å²) in [4.78, 5) is 29.3. The third-order valence-corrected chi connectivity index (χ3v) is 8.12. The van der Waals surface area contributed by atoms with Gasteiger partial charge >= 0.3 is 0 Å². The van der Waals surface area contributed by atoms with Crippen molar-refractivity contribution in [3.8, 4) is 0 Å². The van der Waals surface area contributed by atoms with Gasteiger partial charge in [-0.25, -0.2) is 8.42 Å². The van der Waals surface area contributed by atoms with Gasteiger partial charge < -0.3 is 10.2 Å². The Kier molecular flexibility index (Phi) is 10.5. The molecule has 0 aromatic heterocycles. The van der Waals surface area contributed by atoms with Crippen molar-refractivity contribution < 1.29 is 18.0 Å². The van der Waals surface area contributed by atoms with Crippen LogP contribution >= 0.6 is 11.6 Å². The Balaban J connectivity index is 2.08. The zero-order chi connectivity index (χ0) is 28.6. The smallest absolute Gasteiger partial charge is 0.244 e. The van der Waals surface area contributed by atoms with Crippen molar-refractivity contribution in [3.63, 3.8) is 0 Å². The summed E-state index contributed by atoms with van der Waals surface area (Å²) in [5.41, 5.74) is 2.91. The van der Waals surface area contributed by atoms with E-state index in [1.807, 2.05) is 75.4 Å². The van der Waals surface area contributed by atoms with Crippen LogP contribution in [-0.4, -0.2) is 50.0 Å². The summed E-state index contributed by atoms with van der Waals surface area (Å²) in [6.07, 6.45) is 2.03. The number of nitrogens with one attached hydrogen (secondary N) is 1. The molecule has 0 saturated heterocycles. The molecule has 0 spiro atoms. The van der Waals surface area contributed by atoms with Gasteiger partial charge in [-0.1, -0.05) is 85.3 Å². The second-order valence-electron chi connectivity index (χ2n) is 9.69. The van der Waals surface area contributed by atoms with Crippen LogP contribution in [0.5, 0.6) is 0 Å². The van der Waals surface area contributed by atoms with Crippen molar-refractivity contribution in [2.75, 3.05) is 17.1 Å². The first-order valence-corrected chi connectivity index (χ1v) is 15.1. The highest BCUT2D eigenvalue weighted by Gasteiger charge is 2.34. The van der Waals surface area contributed by atoms with Crippen LogP contribution in [0.1, 0.15) is 37.0 Å². The molecule has 7 nitrogen and oxygen atoms in total. The zero-order valence-electron chi connectivity index (χ0n) is 22.8. The van der Waals surface area contributed by atoms with Crippen molar-refractivity contribution in [1.82, 2.24) is 10.2 Å². The molecule has 0 unspecified atom stereocenters. The highest BCUT2D eigenvalue weighted by atomic mass is 35.5. The van der Waals surface area contributed by atoms with Crippen LogP contribution in [0.3, 0.4) is 0 Å². The Morgan fingerprint density at radius 2 is 1.56 bits per heavy atom. The summed E-state index contributed by atoms with van der Waals surface area (Å²) in [6, 6.07) is 22.6. The van der Waals surface area contributed by atoms with Gasteiger partial charge in [-0.3, -0.25) is 13.9 Å². The largest absolute Gasteiger partial charge is 0.352 e. The molecule has 0 saturated carbocycles. The standard InChI is InChI=1S/C30H36ClN3O4S/c1-5-23(3)32-30(36)28(19-24-14-7-6-8-15-24)33(20-25-16-10-9-13-22(25)2)29(35)21-34(39(4,37)38)27-18-12-11-17-26(27)31/h6-18,23,28H,5,19-21H2,1-4H3,(H,32,36)/t23-,28-/m0/s1. The molecule has 3 aromatic carbocycles. The van der Waals surface area contributed by atoms with Gasteiger partial charge in [-0.2, -0.15) is 0 Å². The minimum Gasteiger partial charge on any atom is -0.352 e. The monoisotopic (exact) mass is 569 g/mol. The molecule has 2 atom stereocenters. The molecule has 3 aromatic rings. The fraction of sp³-hybridized carbons (Fsp3) is 0.333. The van der Waals surface area contributed by atoms with Crippen LogP contribution in [0.2, 0.25) is 5.02 Å². The van der Waals surface area contributed by atoms with E-state index in [1.54, 1.807) is 24.3 Å². The lowest BCUT2D eigenvalue weighted by atomic mass is 10.0. The number of carbonyl (C=O) groups is 2. The van der Waals surface area contributed by atoms with E-state index < -0.39 is 28.5 Å². The molecule has 208 valence electrons. The maximum atomic E-state index is 14.1. The SMILES string of the molecule is CC[C@H](C)NC(=O)[C@H](Cc1ccccc1)N(Cc1ccccc1C)C(=O)CN(c1ccccc1Cl)S(C)(=O)=O. The van der Waals surface area contributed by atoms with E-state index in [0.29, 0.717) is 0 Å². The van der Waals surface area contributed by atoms with Gasteiger partial charge in [0.15, 0.2) is 0 Å². The summed E-state index contributed by atoms with van der Waals surface area (Å²) in [7, 11) is -3.88. The summed E-state index contributed by atoms with van der Waals surface area (Å²) in [5.74, 6) is -0.803. The molecule has 0 radical (unpaired) electrons. The maximum absolute atomic E-state index is 14.1. The topological polar surface area (TPSA) is 86.8 Å². The van der Waals surface area contributed by atoms with Crippen molar-refractivity contribution >= 4 is 39.1 Å². The van der Waals surface area contributed by atoms with E-state index in [9.17, 15) is 18.0 Å². The molecule has 0 aliphatic rings. The molecule has 0 bridgehead atoms. The average molecular weight is 570 g/mol. The number of benzene rings is 3. The molecule has 0 aliphatic carbocycles. The molecular formula is C30H36ClN3O4S. The number of rotatable bonds is 12. The first kappa shape index (κ1) is 30.2. The summed E-state index contributed by atoms with van der Waals surface area (Å²) >= 11 is 6.34. The number of hydrogen-bond donors (Lipinski definition) is 1. The number of hydrogen-bond acceptors (Lipinski definition) is 4. The molecule has 0 fully saturated rings. The average Bonchev–Trinajstić information content (AvgIpc) is 2.90. The lowest BCUT2D eigenvalue weighted by Crippen LogP contribution is -2.54. The Labute approximate surface area is 236 Å². The molecule has 39 heavy (non-hydrogen) atoms. The van der Waals surface area contributed by atoms with E-state index >= 15 is 0 Å². The second-order valence-corrected chi connectivity index (χ2v) is 12.0. The number of para-hydroxylation sites is 1. The number of carbonyl (C=O) groups excluding carboxylic acids is 2. The third kappa shape index (κ3) is 8.31. The predicted molar refractivity (Wildman–Crippen MR) is 157 cm³/mol. The quantitative estimate of drug-likeness (QED) is 0.334. The van der Waals surface area contributed by atoms with Gasteiger partial charge in [0, 0.05) is 19.0 Å². The highest BCUT2D eigenvalue weighted by molar-refractivity contribution is 7.92. The van der Waals surface area contributed by atoms with E-state index in [0.717, 1.165) is 33.7 Å². The molecular weight excluding hydrogens is 534 g/mol. The Morgan fingerprint density at radius 3 is 2.18 bits per heavy atom. The first-order valence-electron chi connectivity index (χ1n) is 12.9. The van der Waals surface area contributed by atoms with Gasteiger partial charge in [-0.15, -0.1) is 0 Å². The molecule has 3 rings (SSSR count). The Bertz CT molecular complexity index is 1380. The van der Waals surface area contributed by atoms with Crippen LogP contribution in [0, 0.1) is 6.92 Å². The van der Waals surface area contributed by atoms with E-state index in [2.05, 4.69) is 5.32 Å². The molecule has 2 amide bonds. The third-order valence-electron chi connectivity index (χ3n) is 6.67.